The van der Waals surface area contributed by atoms with Crippen molar-refractivity contribution in [2.75, 3.05) is 6.54 Å². The van der Waals surface area contributed by atoms with Crippen molar-refractivity contribution in [2.24, 2.45) is 0 Å². The van der Waals surface area contributed by atoms with Crippen molar-refractivity contribution in [3.05, 3.63) is 42.1 Å². The van der Waals surface area contributed by atoms with Gasteiger partial charge in [0, 0.05) is 17.6 Å². The van der Waals surface area contributed by atoms with E-state index in [4.69, 9.17) is 5.11 Å². The number of nitrogens with zero attached hydrogens (tertiary/aromatic N) is 2. The Morgan fingerprint density at radius 2 is 1.95 bits per heavy atom. The summed E-state index contributed by atoms with van der Waals surface area (Å²) >= 11 is 0. The number of fused-ring (bicyclic) bond motifs is 1. The molecular formula is C15H18N2O4S. The number of hydrogen-bond acceptors (Lipinski definition) is 4. The van der Waals surface area contributed by atoms with Crippen LogP contribution >= 0.6 is 0 Å². The number of carbonyl (C=O) groups is 1. The van der Waals surface area contributed by atoms with Crippen LogP contribution in [0.4, 0.5) is 0 Å². The van der Waals surface area contributed by atoms with E-state index in [0.29, 0.717) is 11.1 Å². The number of carboxylic acids is 1. The minimum atomic E-state index is -3.75. The molecule has 1 heterocycles. The smallest absolute Gasteiger partial charge is 0.318 e. The Kier molecular flexibility index (Phi) is 4.77. The minimum Gasteiger partial charge on any atom is -0.480 e. The highest BCUT2D eigenvalue weighted by atomic mass is 32.2. The van der Waals surface area contributed by atoms with Gasteiger partial charge in [-0.3, -0.25) is 9.78 Å². The highest BCUT2D eigenvalue weighted by Crippen LogP contribution is 2.20. The summed E-state index contributed by atoms with van der Waals surface area (Å²) in [4.78, 5) is 15.1. The monoisotopic (exact) mass is 322 g/mol. The highest BCUT2D eigenvalue weighted by molar-refractivity contribution is 7.88. The molecule has 0 bridgehead atoms. The molecule has 0 spiro atoms. The molecule has 2 rings (SSSR count). The van der Waals surface area contributed by atoms with Gasteiger partial charge < -0.3 is 5.11 Å². The van der Waals surface area contributed by atoms with Crippen LogP contribution < -0.4 is 0 Å². The molecule has 22 heavy (non-hydrogen) atoms. The summed E-state index contributed by atoms with van der Waals surface area (Å²) in [7, 11) is -3.75. The van der Waals surface area contributed by atoms with Crippen LogP contribution in [0.25, 0.3) is 10.9 Å². The number of sulfonamides is 1. The lowest BCUT2D eigenvalue weighted by Crippen LogP contribution is -2.41. The van der Waals surface area contributed by atoms with Crippen molar-refractivity contribution in [2.45, 2.75) is 25.6 Å². The maximum absolute atomic E-state index is 12.6. The summed E-state index contributed by atoms with van der Waals surface area (Å²) in [6.45, 7) is 2.77. The van der Waals surface area contributed by atoms with Gasteiger partial charge in [-0.15, -0.1) is 0 Å². The number of rotatable bonds is 6. The summed E-state index contributed by atoms with van der Waals surface area (Å²) < 4.78 is 26.1. The molecule has 0 aliphatic carbocycles. The van der Waals surface area contributed by atoms with E-state index in [1.165, 1.54) is 0 Å². The molecule has 0 atom stereocenters. The van der Waals surface area contributed by atoms with Gasteiger partial charge in [-0.2, -0.15) is 4.31 Å². The summed E-state index contributed by atoms with van der Waals surface area (Å²) in [5, 5.41) is 9.77. The van der Waals surface area contributed by atoms with Crippen LogP contribution in [0.1, 0.15) is 19.4 Å². The largest absolute Gasteiger partial charge is 0.480 e. The first kappa shape index (κ1) is 16.4. The Morgan fingerprint density at radius 1 is 1.27 bits per heavy atom. The average molecular weight is 322 g/mol. The van der Waals surface area contributed by atoms with Gasteiger partial charge in [-0.25, -0.2) is 8.42 Å². The lowest BCUT2D eigenvalue weighted by molar-refractivity contribution is -0.137. The van der Waals surface area contributed by atoms with Crippen LogP contribution in [-0.2, 0) is 20.6 Å². The zero-order valence-corrected chi connectivity index (χ0v) is 13.2. The van der Waals surface area contributed by atoms with Crippen molar-refractivity contribution in [1.29, 1.82) is 0 Å². The SMILES string of the molecule is CC(C)N(CC(=O)O)S(=O)(=O)Cc1cccc2cccnc12. The molecule has 0 saturated heterocycles. The fourth-order valence-corrected chi connectivity index (χ4v) is 4.04. The third-order valence-electron chi connectivity index (χ3n) is 3.28. The molecule has 1 aromatic heterocycles. The zero-order valence-electron chi connectivity index (χ0n) is 12.4. The normalized spacial score (nSPS) is 12.2. The van der Waals surface area contributed by atoms with Gasteiger partial charge in [0.15, 0.2) is 0 Å². The second kappa shape index (κ2) is 6.41. The minimum absolute atomic E-state index is 0.271. The van der Waals surface area contributed by atoms with Gasteiger partial charge >= 0.3 is 5.97 Å². The molecule has 1 aromatic carbocycles. The molecule has 1 N–H and O–H groups in total. The molecule has 0 radical (unpaired) electrons. The Bertz CT molecular complexity index is 782. The van der Waals surface area contributed by atoms with E-state index in [0.717, 1.165) is 9.69 Å². The van der Waals surface area contributed by atoms with E-state index in [1.54, 1.807) is 38.2 Å². The van der Waals surface area contributed by atoms with Crippen molar-refractivity contribution in [3.8, 4) is 0 Å². The second-order valence-electron chi connectivity index (χ2n) is 5.28. The molecule has 0 amide bonds. The molecular weight excluding hydrogens is 304 g/mol. The number of aromatic nitrogens is 1. The number of pyridine rings is 1. The fourth-order valence-electron chi connectivity index (χ4n) is 2.30. The maximum atomic E-state index is 12.6. The van der Waals surface area contributed by atoms with E-state index < -0.39 is 28.6 Å². The van der Waals surface area contributed by atoms with Gasteiger partial charge in [-0.05, 0) is 25.5 Å². The van der Waals surface area contributed by atoms with Crippen molar-refractivity contribution >= 4 is 26.9 Å². The third-order valence-corrected chi connectivity index (χ3v) is 5.22. The number of carboxylic acid groups (broad SMARTS) is 1. The molecule has 0 aliphatic rings. The number of hydrogen-bond donors (Lipinski definition) is 1. The van der Waals surface area contributed by atoms with E-state index in [1.807, 2.05) is 12.1 Å². The van der Waals surface area contributed by atoms with E-state index in [-0.39, 0.29) is 5.75 Å². The number of para-hydroxylation sites is 1. The van der Waals surface area contributed by atoms with Gasteiger partial charge in [-0.1, -0.05) is 24.3 Å². The quantitative estimate of drug-likeness (QED) is 0.877. The lowest BCUT2D eigenvalue weighted by atomic mass is 10.1. The van der Waals surface area contributed by atoms with Crippen LogP contribution in [0.15, 0.2) is 36.5 Å². The molecule has 2 aromatic rings. The van der Waals surface area contributed by atoms with Crippen LogP contribution in [0.5, 0.6) is 0 Å². The molecule has 118 valence electrons. The molecule has 0 unspecified atom stereocenters. The van der Waals surface area contributed by atoms with Gasteiger partial charge in [0.1, 0.15) is 6.54 Å². The van der Waals surface area contributed by atoms with Gasteiger partial charge in [0.25, 0.3) is 0 Å². The summed E-state index contributed by atoms with van der Waals surface area (Å²) in [6, 6.07) is 8.54. The van der Waals surface area contributed by atoms with Crippen LogP contribution in [0, 0.1) is 0 Å². The Labute approximate surface area is 129 Å². The topological polar surface area (TPSA) is 87.6 Å². The number of benzene rings is 1. The molecule has 6 nitrogen and oxygen atoms in total. The summed E-state index contributed by atoms with van der Waals surface area (Å²) in [5.41, 5.74) is 1.18. The van der Waals surface area contributed by atoms with Crippen LogP contribution in [-0.4, -0.2) is 41.4 Å². The third kappa shape index (κ3) is 3.61. The van der Waals surface area contributed by atoms with Crippen molar-refractivity contribution < 1.29 is 18.3 Å². The first-order chi connectivity index (χ1) is 10.3. The molecule has 0 saturated carbocycles. The summed E-state index contributed by atoms with van der Waals surface area (Å²) in [5.74, 6) is -1.44. The van der Waals surface area contributed by atoms with E-state index in [2.05, 4.69) is 4.98 Å². The molecule has 7 heteroatoms. The van der Waals surface area contributed by atoms with Gasteiger partial charge in [0.2, 0.25) is 10.0 Å². The summed E-state index contributed by atoms with van der Waals surface area (Å²) in [6.07, 6.45) is 1.61. The standard InChI is InChI=1S/C15H18N2O4S/c1-11(2)17(9-14(18)19)22(20,21)10-13-6-3-5-12-7-4-8-16-15(12)13/h3-8,11H,9-10H2,1-2H3,(H,18,19). The fraction of sp³-hybridized carbons (Fsp3) is 0.333. The van der Waals surface area contributed by atoms with Crippen LogP contribution in [0.3, 0.4) is 0 Å². The zero-order chi connectivity index (χ0) is 16.3. The van der Waals surface area contributed by atoms with Crippen molar-refractivity contribution in [3.63, 3.8) is 0 Å². The Balaban J connectivity index is 2.39. The lowest BCUT2D eigenvalue weighted by Gasteiger charge is -2.24. The average Bonchev–Trinajstić information content (AvgIpc) is 2.44. The van der Waals surface area contributed by atoms with Crippen molar-refractivity contribution in [1.82, 2.24) is 9.29 Å². The van der Waals surface area contributed by atoms with Crippen LogP contribution in [0.2, 0.25) is 0 Å². The molecule has 0 aliphatic heterocycles. The predicted molar refractivity (Wildman–Crippen MR) is 83.8 cm³/mol. The van der Waals surface area contributed by atoms with Gasteiger partial charge in [0.05, 0.1) is 11.3 Å². The molecule has 0 fully saturated rings. The number of aliphatic carboxylic acids is 1. The first-order valence-electron chi connectivity index (χ1n) is 6.85. The highest BCUT2D eigenvalue weighted by Gasteiger charge is 2.28. The Hall–Kier alpha value is -1.99. The second-order valence-corrected chi connectivity index (χ2v) is 7.20. The maximum Gasteiger partial charge on any atom is 0.318 e. The van der Waals surface area contributed by atoms with E-state index >= 15 is 0 Å². The Morgan fingerprint density at radius 3 is 2.59 bits per heavy atom. The first-order valence-corrected chi connectivity index (χ1v) is 8.46. The van der Waals surface area contributed by atoms with E-state index in [9.17, 15) is 13.2 Å². The predicted octanol–water partition coefficient (Wildman–Crippen LogP) is 1.86.